The molecule has 13 heavy (non-hydrogen) atoms. The van der Waals surface area contributed by atoms with Crippen molar-refractivity contribution in [2.24, 2.45) is 0 Å². The molecule has 0 aliphatic heterocycles. The number of halogens is 1. The number of hydrogen-bond acceptors (Lipinski definition) is 3. The Kier molecular flexibility index (Phi) is 1.98. The van der Waals surface area contributed by atoms with Gasteiger partial charge >= 0.3 is 0 Å². The van der Waals surface area contributed by atoms with Gasteiger partial charge in [-0.2, -0.15) is 10.1 Å². The topological polar surface area (TPSA) is 54.5 Å². The minimum absolute atomic E-state index is 0.276. The van der Waals surface area contributed by atoms with E-state index in [2.05, 4.69) is 20.2 Å². The molecule has 1 N–H and O–H groups in total. The van der Waals surface area contributed by atoms with Crippen molar-refractivity contribution in [3.05, 3.63) is 29.2 Å². The molecule has 0 amide bonds. The third-order valence-electron chi connectivity index (χ3n) is 1.60. The summed E-state index contributed by atoms with van der Waals surface area (Å²) in [7, 11) is 0. The van der Waals surface area contributed by atoms with Gasteiger partial charge < -0.3 is 0 Å². The van der Waals surface area contributed by atoms with Crippen molar-refractivity contribution >= 4 is 11.6 Å². The van der Waals surface area contributed by atoms with Crippen LogP contribution in [-0.2, 0) is 0 Å². The van der Waals surface area contributed by atoms with Gasteiger partial charge in [0.2, 0.25) is 11.1 Å². The molecule has 0 unspecified atom stereocenters. The number of pyridine rings is 1. The van der Waals surface area contributed by atoms with E-state index in [4.69, 9.17) is 11.6 Å². The van der Waals surface area contributed by atoms with Gasteiger partial charge in [-0.15, -0.1) is 0 Å². The van der Waals surface area contributed by atoms with Crippen LogP contribution >= 0.6 is 11.6 Å². The van der Waals surface area contributed by atoms with E-state index in [0.717, 1.165) is 11.3 Å². The third-order valence-corrected chi connectivity index (χ3v) is 1.77. The highest BCUT2D eigenvalue weighted by Crippen LogP contribution is 2.13. The van der Waals surface area contributed by atoms with Gasteiger partial charge in [-0.1, -0.05) is 0 Å². The average molecular weight is 195 g/mol. The summed E-state index contributed by atoms with van der Waals surface area (Å²) in [6.07, 6.45) is 1.72. The molecule has 0 fully saturated rings. The van der Waals surface area contributed by atoms with Gasteiger partial charge in [0, 0.05) is 6.20 Å². The van der Waals surface area contributed by atoms with E-state index in [9.17, 15) is 0 Å². The number of rotatable bonds is 1. The third kappa shape index (κ3) is 1.67. The molecule has 4 nitrogen and oxygen atoms in total. The smallest absolute Gasteiger partial charge is 0.218 e. The van der Waals surface area contributed by atoms with Gasteiger partial charge in [0.15, 0.2) is 0 Å². The summed E-state index contributed by atoms with van der Waals surface area (Å²) in [6, 6.07) is 3.82. The number of nitrogens with zero attached hydrogens (tertiary/aromatic N) is 3. The first-order chi connectivity index (χ1) is 6.25. The highest BCUT2D eigenvalue weighted by atomic mass is 35.5. The highest BCUT2D eigenvalue weighted by Gasteiger charge is 2.04. The second-order valence-electron chi connectivity index (χ2n) is 2.67. The Morgan fingerprint density at radius 3 is 2.92 bits per heavy atom. The summed E-state index contributed by atoms with van der Waals surface area (Å²) in [4.78, 5) is 8.08. The standard InChI is InChI=1S/C8H7ClN4/c1-5-2-3-10-6(4-5)7-11-8(9)13-12-7/h2-4H,1H3,(H,11,12,13). The highest BCUT2D eigenvalue weighted by molar-refractivity contribution is 6.28. The Labute approximate surface area is 80.0 Å². The predicted molar refractivity (Wildman–Crippen MR) is 49.4 cm³/mol. The molecule has 0 aromatic carbocycles. The monoisotopic (exact) mass is 194 g/mol. The first kappa shape index (κ1) is 8.19. The predicted octanol–water partition coefficient (Wildman–Crippen LogP) is 1.83. The van der Waals surface area contributed by atoms with E-state index < -0.39 is 0 Å². The van der Waals surface area contributed by atoms with Crippen LogP contribution in [0.4, 0.5) is 0 Å². The van der Waals surface area contributed by atoms with Crippen LogP contribution in [-0.4, -0.2) is 20.2 Å². The van der Waals surface area contributed by atoms with Crippen molar-refractivity contribution in [1.29, 1.82) is 0 Å². The van der Waals surface area contributed by atoms with Gasteiger partial charge in [0.1, 0.15) is 5.69 Å². The second-order valence-corrected chi connectivity index (χ2v) is 3.03. The van der Waals surface area contributed by atoms with Crippen molar-refractivity contribution < 1.29 is 0 Å². The Bertz CT molecular complexity index is 424. The first-order valence-electron chi connectivity index (χ1n) is 3.76. The number of aryl methyl sites for hydroxylation is 1. The van der Waals surface area contributed by atoms with Crippen molar-refractivity contribution in [2.45, 2.75) is 6.92 Å². The van der Waals surface area contributed by atoms with E-state index in [1.165, 1.54) is 0 Å². The van der Waals surface area contributed by atoms with E-state index in [-0.39, 0.29) is 5.28 Å². The molecule has 0 aliphatic carbocycles. The van der Waals surface area contributed by atoms with Crippen LogP contribution in [0.1, 0.15) is 5.56 Å². The van der Waals surface area contributed by atoms with E-state index in [1.54, 1.807) is 6.20 Å². The number of nitrogens with one attached hydrogen (secondary N) is 1. The van der Waals surface area contributed by atoms with Gasteiger partial charge in [0.05, 0.1) is 0 Å². The van der Waals surface area contributed by atoms with Gasteiger partial charge in [-0.05, 0) is 36.2 Å². The fraction of sp³-hybridized carbons (Fsp3) is 0.125. The van der Waals surface area contributed by atoms with Gasteiger partial charge in [0.25, 0.3) is 0 Å². The maximum Gasteiger partial charge on any atom is 0.218 e. The van der Waals surface area contributed by atoms with Crippen LogP contribution in [0.3, 0.4) is 0 Å². The Balaban J connectivity index is 2.46. The number of aromatic nitrogens is 4. The molecular formula is C8H7ClN4. The van der Waals surface area contributed by atoms with E-state index >= 15 is 0 Å². The average Bonchev–Trinajstić information content (AvgIpc) is 2.52. The molecule has 0 spiro atoms. The summed E-state index contributed by atoms with van der Waals surface area (Å²) in [5.41, 5.74) is 1.84. The molecule has 0 saturated carbocycles. The zero-order chi connectivity index (χ0) is 9.26. The molecule has 2 rings (SSSR count). The van der Waals surface area contributed by atoms with Crippen LogP contribution in [0, 0.1) is 6.92 Å². The van der Waals surface area contributed by atoms with Crippen molar-refractivity contribution in [2.75, 3.05) is 0 Å². The molecule has 66 valence electrons. The fourth-order valence-corrected chi connectivity index (χ4v) is 1.14. The van der Waals surface area contributed by atoms with Crippen LogP contribution in [0.2, 0.25) is 5.28 Å². The molecule has 0 saturated heterocycles. The molecule has 0 radical (unpaired) electrons. The lowest BCUT2D eigenvalue weighted by Crippen LogP contribution is -1.86. The normalized spacial score (nSPS) is 10.3. The molecule has 2 heterocycles. The summed E-state index contributed by atoms with van der Waals surface area (Å²) < 4.78 is 0. The van der Waals surface area contributed by atoms with Crippen molar-refractivity contribution in [1.82, 2.24) is 20.2 Å². The molecule has 2 aromatic heterocycles. The number of H-pyrrole nitrogens is 1. The van der Waals surface area contributed by atoms with E-state index in [0.29, 0.717) is 5.82 Å². The lowest BCUT2D eigenvalue weighted by molar-refractivity contribution is 1.08. The summed E-state index contributed by atoms with van der Waals surface area (Å²) >= 11 is 5.59. The maximum absolute atomic E-state index is 5.59. The number of hydrogen-bond donors (Lipinski definition) is 1. The van der Waals surface area contributed by atoms with Gasteiger partial charge in [-0.25, -0.2) is 5.10 Å². The Morgan fingerprint density at radius 1 is 1.46 bits per heavy atom. The maximum atomic E-state index is 5.59. The first-order valence-corrected chi connectivity index (χ1v) is 4.14. The summed E-state index contributed by atoms with van der Waals surface area (Å²) in [5.74, 6) is 0.522. The molecule has 0 bridgehead atoms. The SMILES string of the molecule is Cc1ccnc(-c2n[nH]c(Cl)n2)c1. The summed E-state index contributed by atoms with van der Waals surface area (Å²) in [6.45, 7) is 1.99. The fourth-order valence-electron chi connectivity index (χ4n) is 1.02. The van der Waals surface area contributed by atoms with Crippen LogP contribution < -0.4 is 0 Å². The molecule has 0 atom stereocenters. The molecule has 2 aromatic rings. The van der Waals surface area contributed by atoms with Crippen molar-refractivity contribution in [3.8, 4) is 11.5 Å². The Morgan fingerprint density at radius 2 is 2.31 bits per heavy atom. The molecule has 0 aliphatic rings. The molecular weight excluding hydrogens is 188 g/mol. The second kappa shape index (κ2) is 3.14. The van der Waals surface area contributed by atoms with Gasteiger partial charge in [-0.3, -0.25) is 4.98 Å². The zero-order valence-electron chi connectivity index (χ0n) is 6.95. The van der Waals surface area contributed by atoms with E-state index in [1.807, 2.05) is 19.1 Å². The summed E-state index contributed by atoms with van der Waals surface area (Å²) in [5, 5.41) is 6.72. The largest absolute Gasteiger partial charge is 0.253 e. The van der Waals surface area contributed by atoms with Crippen LogP contribution in [0.5, 0.6) is 0 Å². The molecule has 5 heteroatoms. The minimum Gasteiger partial charge on any atom is -0.253 e. The van der Waals surface area contributed by atoms with Crippen molar-refractivity contribution in [3.63, 3.8) is 0 Å². The van der Waals surface area contributed by atoms with Crippen LogP contribution in [0.15, 0.2) is 18.3 Å². The lowest BCUT2D eigenvalue weighted by atomic mass is 10.2. The quantitative estimate of drug-likeness (QED) is 0.754. The zero-order valence-corrected chi connectivity index (χ0v) is 7.71. The van der Waals surface area contributed by atoms with Crippen LogP contribution in [0.25, 0.3) is 11.5 Å². The Hall–Kier alpha value is -1.42. The minimum atomic E-state index is 0.276. The lowest BCUT2D eigenvalue weighted by Gasteiger charge is -1.94. The number of aromatic amines is 1.